The zero-order valence-electron chi connectivity index (χ0n) is 15.6. The first kappa shape index (κ1) is 18.9. The van der Waals surface area contributed by atoms with Gasteiger partial charge in [0.05, 0.1) is 10.8 Å². The molecule has 3 N–H and O–H groups in total. The number of benzene rings is 1. The third-order valence-corrected chi connectivity index (χ3v) is 8.64. The maximum Gasteiger partial charge on any atom is 0.243 e. The molecule has 1 saturated heterocycles. The number of nitrogens with one attached hydrogen (secondary N) is 1. The van der Waals surface area contributed by atoms with Gasteiger partial charge in [-0.3, -0.25) is 4.79 Å². The molecule has 2 bridgehead atoms. The van der Waals surface area contributed by atoms with Crippen LogP contribution in [0.5, 0.6) is 0 Å². The Morgan fingerprint density at radius 3 is 2.52 bits per heavy atom. The van der Waals surface area contributed by atoms with E-state index in [0.29, 0.717) is 35.4 Å². The second-order valence-corrected chi connectivity index (χ2v) is 10.1. The SMILES string of the molecule is NC1C2CCC(C2)C1C(=O)NCc1ccccc1S(=O)(=O)N1CCCCC1. The molecule has 2 aliphatic carbocycles. The monoisotopic (exact) mass is 391 g/mol. The predicted octanol–water partition coefficient (Wildman–Crippen LogP) is 1.85. The van der Waals surface area contributed by atoms with Gasteiger partial charge >= 0.3 is 0 Å². The minimum Gasteiger partial charge on any atom is -0.352 e. The standard InChI is InChI=1S/C20H29N3O3S/c21-19-15-9-8-14(12-15)18(19)20(24)22-13-16-6-2-3-7-17(16)27(25,26)23-10-4-1-5-11-23/h2-3,6-7,14-15,18-19H,1,4-5,8-13,21H2,(H,22,24). The quantitative estimate of drug-likeness (QED) is 0.801. The number of nitrogens with two attached hydrogens (primary N) is 1. The van der Waals surface area contributed by atoms with E-state index in [1.54, 1.807) is 22.5 Å². The van der Waals surface area contributed by atoms with Gasteiger partial charge in [0, 0.05) is 25.7 Å². The summed E-state index contributed by atoms with van der Waals surface area (Å²) in [4.78, 5) is 13.0. The fourth-order valence-corrected chi connectivity index (χ4v) is 6.91. The number of amides is 1. The molecular weight excluding hydrogens is 362 g/mol. The van der Waals surface area contributed by atoms with Crippen LogP contribution in [0.15, 0.2) is 29.2 Å². The highest BCUT2D eigenvalue weighted by Gasteiger charge is 2.49. The summed E-state index contributed by atoms with van der Waals surface area (Å²) in [6.45, 7) is 1.37. The van der Waals surface area contributed by atoms with Crippen molar-refractivity contribution in [2.45, 2.75) is 56.0 Å². The van der Waals surface area contributed by atoms with E-state index in [1.165, 1.54) is 0 Å². The van der Waals surface area contributed by atoms with Crippen molar-refractivity contribution in [1.82, 2.24) is 9.62 Å². The van der Waals surface area contributed by atoms with Gasteiger partial charge in [-0.1, -0.05) is 24.6 Å². The number of hydrogen-bond acceptors (Lipinski definition) is 4. The van der Waals surface area contributed by atoms with E-state index in [-0.39, 0.29) is 24.4 Å². The second kappa shape index (κ2) is 7.53. The highest BCUT2D eigenvalue weighted by Crippen LogP contribution is 2.47. The summed E-state index contributed by atoms with van der Waals surface area (Å²) in [5, 5.41) is 2.97. The molecule has 7 heteroatoms. The molecule has 1 aromatic rings. The van der Waals surface area contributed by atoms with Gasteiger partial charge < -0.3 is 11.1 Å². The van der Waals surface area contributed by atoms with Crippen LogP contribution in [0.2, 0.25) is 0 Å². The largest absolute Gasteiger partial charge is 0.352 e. The molecule has 3 aliphatic rings. The Morgan fingerprint density at radius 1 is 1.11 bits per heavy atom. The summed E-state index contributed by atoms with van der Waals surface area (Å²) < 4.78 is 27.7. The molecule has 1 amide bonds. The van der Waals surface area contributed by atoms with E-state index in [2.05, 4.69) is 5.32 Å². The smallest absolute Gasteiger partial charge is 0.243 e. The van der Waals surface area contributed by atoms with Crippen LogP contribution in [0.25, 0.3) is 0 Å². The molecule has 1 aliphatic heterocycles. The first-order valence-electron chi connectivity index (χ1n) is 10.1. The Labute approximate surface area is 161 Å². The van der Waals surface area contributed by atoms with Crippen LogP contribution >= 0.6 is 0 Å². The van der Waals surface area contributed by atoms with Gasteiger partial charge in [-0.2, -0.15) is 4.31 Å². The fraction of sp³-hybridized carbons (Fsp3) is 0.650. The summed E-state index contributed by atoms with van der Waals surface area (Å²) in [7, 11) is -3.52. The number of sulfonamides is 1. The molecule has 148 valence electrons. The minimum atomic E-state index is -3.52. The Morgan fingerprint density at radius 2 is 1.81 bits per heavy atom. The average Bonchev–Trinajstić information content (AvgIpc) is 3.28. The Bertz CT molecular complexity index is 802. The molecule has 4 rings (SSSR count). The second-order valence-electron chi connectivity index (χ2n) is 8.23. The van der Waals surface area contributed by atoms with E-state index < -0.39 is 10.0 Å². The van der Waals surface area contributed by atoms with Gasteiger partial charge in [0.15, 0.2) is 0 Å². The first-order chi connectivity index (χ1) is 13.0. The molecule has 4 atom stereocenters. The number of hydrogen-bond donors (Lipinski definition) is 2. The maximum absolute atomic E-state index is 13.1. The summed E-state index contributed by atoms with van der Waals surface area (Å²) in [5.74, 6) is 0.698. The molecule has 27 heavy (non-hydrogen) atoms. The molecule has 3 fully saturated rings. The summed E-state index contributed by atoms with van der Waals surface area (Å²) in [6, 6.07) is 6.94. The first-order valence-corrected chi connectivity index (χ1v) is 11.5. The average molecular weight is 392 g/mol. The Hall–Kier alpha value is -1.44. The van der Waals surface area contributed by atoms with E-state index >= 15 is 0 Å². The third-order valence-electron chi connectivity index (χ3n) is 6.64. The van der Waals surface area contributed by atoms with Gasteiger partial charge in [0.1, 0.15) is 0 Å². The lowest BCUT2D eigenvalue weighted by Crippen LogP contribution is -2.45. The fourth-order valence-electron chi connectivity index (χ4n) is 5.17. The molecule has 1 heterocycles. The minimum absolute atomic E-state index is 0.0279. The molecule has 2 saturated carbocycles. The van der Waals surface area contributed by atoms with Crippen LogP contribution in [-0.2, 0) is 21.4 Å². The van der Waals surface area contributed by atoms with Crippen molar-refractivity contribution in [1.29, 1.82) is 0 Å². The van der Waals surface area contributed by atoms with Crippen molar-refractivity contribution < 1.29 is 13.2 Å². The number of piperidine rings is 1. The van der Waals surface area contributed by atoms with Crippen molar-refractivity contribution in [3.63, 3.8) is 0 Å². The summed E-state index contributed by atoms with van der Waals surface area (Å²) in [5.41, 5.74) is 6.91. The molecular formula is C20H29N3O3S. The van der Waals surface area contributed by atoms with E-state index in [4.69, 9.17) is 5.73 Å². The third kappa shape index (κ3) is 3.52. The number of rotatable bonds is 5. The van der Waals surface area contributed by atoms with Gasteiger partial charge in [-0.25, -0.2) is 8.42 Å². The van der Waals surface area contributed by atoms with Gasteiger partial charge in [0.2, 0.25) is 15.9 Å². The maximum atomic E-state index is 13.1. The lowest BCUT2D eigenvalue weighted by Gasteiger charge is -2.28. The summed E-state index contributed by atoms with van der Waals surface area (Å²) in [6.07, 6.45) is 6.15. The molecule has 0 spiro atoms. The van der Waals surface area contributed by atoms with Gasteiger partial charge in [0.25, 0.3) is 0 Å². The number of nitrogens with zero attached hydrogens (tertiary/aromatic N) is 1. The zero-order valence-corrected chi connectivity index (χ0v) is 16.5. The topological polar surface area (TPSA) is 92.5 Å². The molecule has 6 nitrogen and oxygen atoms in total. The van der Waals surface area contributed by atoms with Crippen molar-refractivity contribution in [3.8, 4) is 0 Å². The van der Waals surface area contributed by atoms with Crippen LogP contribution in [0.4, 0.5) is 0 Å². The van der Waals surface area contributed by atoms with E-state index in [1.807, 2.05) is 6.07 Å². The predicted molar refractivity (Wildman–Crippen MR) is 103 cm³/mol. The van der Waals surface area contributed by atoms with Gasteiger partial charge in [-0.15, -0.1) is 0 Å². The zero-order chi connectivity index (χ0) is 19.0. The highest BCUT2D eigenvalue weighted by molar-refractivity contribution is 7.89. The van der Waals surface area contributed by atoms with Crippen molar-refractivity contribution >= 4 is 15.9 Å². The van der Waals surface area contributed by atoms with Gasteiger partial charge in [-0.05, 0) is 55.6 Å². The van der Waals surface area contributed by atoms with Crippen LogP contribution < -0.4 is 11.1 Å². The Kier molecular flexibility index (Phi) is 5.27. The lowest BCUT2D eigenvalue weighted by atomic mass is 9.84. The van der Waals surface area contributed by atoms with Crippen LogP contribution in [0.1, 0.15) is 44.1 Å². The van der Waals surface area contributed by atoms with Crippen LogP contribution in [0.3, 0.4) is 0 Å². The molecule has 4 unspecified atom stereocenters. The van der Waals surface area contributed by atoms with Crippen molar-refractivity contribution in [2.75, 3.05) is 13.1 Å². The number of fused-ring (bicyclic) bond motifs is 2. The van der Waals surface area contributed by atoms with Crippen LogP contribution in [-0.4, -0.2) is 37.8 Å². The van der Waals surface area contributed by atoms with Crippen molar-refractivity contribution in [3.05, 3.63) is 29.8 Å². The molecule has 1 aromatic carbocycles. The van der Waals surface area contributed by atoms with Crippen LogP contribution in [0, 0.1) is 17.8 Å². The van der Waals surface area contributed by atoms with E-state index in [0.717, 1.165) is 38.5 Å². The lowest BCUT2D eigenvalue weighted by molar-refractivity contribution is -0.127. The number of carbonyl (C=O) groups excluding carboxylic acids is 1. The van der Waals surface area contributed by atoms with E-state index in [9.17, 15) is 13.2 Å². The summed E-state index contributed by atoms with van der Waals surface area (Å²) >= 11 is 0. The highest BCUT2D eigenvalue weighted by atomic mass is 32.2. The molecule has 0 radical (unpaired) electrons. The Balaban J connectivity index is 1.48. The normalized spacial score (nSPS) is 31.1. The van der Waals surface area contributed by atoms with Crippen molar-refractivity contribution in [2.24, 2.45) is 23.5 Å². The number of carbonyl (C=O) groups is 1. The molecule has 0 aromatic heterocycles.